The highest BCUT2D eigenvalue weighted by molar-refractivity contribution is 6.35. The maximum absolute atomic E-state index is 11.8. The third-order valence-electron chi connectivity index (χ3n) is 4.30. The van der Waals surface area contributed by atoms with E-state index in [0.29, 0.717) is 6.04 Å². The molecule has 2 rings (SSSR count). The van der Waals surface area contributed by atoms with Crippen LogP contribution < -0.4 is 5.32 Å². The fourth-order valence-corrected chi connectivity index (χ4v) is 3.03. The number of piperidine rings is 1. The van der Waals surface area contributed by atoms with Crippen molar-refractivity contribution in [3.8, 4) is 0 Å². The quantitative estimate of drug-likeness (QED) is 0.742. The third kappa shape index (κ3) is 3.76. The fraction of sp³-hybridized carbons (Fsp3) is 0.857. The summed E-state index contributed by atoms with van der Waals surface area (Å²) in [5.74, 6) is -0.654. The van der Waals surface area contributed by atoms with E-state index in [4.69, 9.17) is 0 Å². The molecule has 19 heavy (non-hydrogen) atoms. The predicted octanol–water partition coefficient (Wildman–Crippen LogP) is 0.250. The Morgan fingerprint density at radius 1 is 1.16 bits per heavy atom. The Labute approximate surface area is 115 Å². The highest BCUT2D eigenvalue weighted by atomic mass is 16.2. The molecule has 0 aromatic rings. The normalized spacial score (nSPS) is 25.8. The molecule has 1 amide bonds. The molecule has 0 aromatic heterocycles. The smallest absolute Gasteiger partial charge is 0.289 e. The van der Waals surface area contributed by atoms with Gasteiger partial charge in [0, 0.05) is 32.1 Å². The molecule has 2 aliphatic heterocycles. The summed E-state index contributed by atoms with van der Waals surface area (Å²) in [6.07, 6.45) is 4.37. The maximum Gasteiger partial charge on any atom is 0.289 e. The van der Waals surface area contributed by atoms with Crippen LogP contribution in [0.25, 0.3) is 0 Å². The first-order chi connectivity index (χ1) is 9.08. The van der Waals surface area contributed by atoms with Gasteiger partial charge >= 0.3 is 0 Å². The van der Waals surface area contributed by atoms with Crippen LogP contribution in [-0.2, 0) is 9.59 Å². The third-order valence-corrected chi connectivity index (χ3v) is 4.30. The van der Waals surface area contributed by atoms with Gasteiger partial charge in [0.15, 0.2) is 0 Å². The molecular formula is C14H25N3O2. The van der Waals surface area contributed by atoms with Gasteiger partial charge in [-0.3, -0.25) is 9.59 Å². The minimum Gasteiger partial charge on any atom is -0.332 e. The topological polar surface area (TPSA) is 52.7 Å². The Bertz CT molecular complexity index is 338. The largest absolute Gasteiger partial charge is 0.332 e. The monoisotopic (exact) mass is 267 g/mol. The number of carbonyl (C=O) groups is 2. The van der Waals surface area contributed by atoms with Gasteiger partial charge in [0.05, 0.1) is 0 Å². The Balaban J connectivity index is 1.78. The number of hydrogen-bond donors (Lipinski definition) is 1. The van der Waals surface area contributed by atoms with Crippen molar-refractivity contribution in [2.45, 2.75) is 44.7 Å². The molecule has 1 unspecified atom stereocenters. The van der Waals surface area contributed by atoms with E-state index in [1.54, 1.807) is 4.90 Å². The van der Waals surface area contributed by atoms with Crippen molar-refractivity contribution in [2.24, 2.45) is 0 Å². The second kappa shape index (κ2) is 6.48. The first-order valence-corrected chi connectivity index (χ1v) is 7.31. The van der Waals surface area contributed by atoms with Crippen molar-refractivity contribution in [3.63, 3.8) is 0 Å². The van der Waals surface area contributed by atoms with Gasteiger partial charge < -0.3 is 15.1 Å². The summed E-state index contributed by atoms with van der Waals surface area (Å²) < 4.78 is 0. The number of nitrogens with one attached hydrogen (secondary N) is 1. The number of carbonyl (C=O) groups excluding carboxylic acids is 2. The fourth-order valence-electron chi connectivity index (χ4n) is 3.03. The van der Waals surface area contributed by atoms with Crippen LogP contribution >= 0.6 is 0 Å². The summed E-state index contributed by atoms with van der Waals surface area (Å²) in [5.41, 5.74) is 0. The second-order valence-corrected chi connectivity index (χ2v) is 5.84. The van der Waals surface area contributed by atoms with Crippen molar-refractivity contribution in [3.05, 3.63) is 0 Å². The first kappa shape index (κ1) is 14.5. The lowest BCUT2D eigenvalue weighted by atomic mass is 10.0. The van der Waals surface area contributed by atoms with Crippen LogP contribution in [0.15, 0.2) is 0 Å². The van der Waals surface area contributed by atoms with Crippen molar-refractivity contribution in [1.82, 2.24) is 15.1 Å². The van der Waals surface area contributed by atoms with Crippen LogP contribution in [0.3, 0.4) is 0 Å². The van der Waals surface area contributed by atoms with E-state index < -0.39 is 0 Å². The molecule has 108 valence electrons. The van der Waals surface area contributed by atoms with Crippen molar-refractivity contribution < 1.29 is 9.59 Å². The molecule has 2 aliphatic rings. The van der Waals surface area contributed by atoms with Crippen molar-refractivity contribution >= 4 is 11.7 Å². The van der Waals surface area contributed by atoms with Gasteiger partial charge in [-0.05, 0) is 45.8 Å². The van der Waals surface area contributed by atoms with Gasteiger partial charge in [0.1, 0.15) is 0 Å². The molecular weight excluding hydrogens is 242 g/mol. The van der Waals surface area contributed by atoms with Gasteiger partial charge in [-0.15, -0.1) is 0 Å². The van der Waals surface area contributed by atoms with Crippen LogP contribution in [0, 0.1) is 0 Å². The Hall–Kier alpha value is -0.940. The molecule has 0 saturated carbocycles. The summed E-state index contributed by atoms with van der Waals surface area (Å²) >= 11 is 0. The van der Waals surface area contributed by atoms with Crippen molar-refractivity contribution in [1.29, 1.82) is 0 Å². The zero-order chi connectivity index (χ0) is 13.8. The zero-order valence-electron chi connectivity index (χ0n) is 12.0. The van der Waals surface area contributed by atoms with Crippen LogP contribution in [-0.4, -0.2) is 66.8 Å². The minimum absolute atomic E-state index is 0.205. The Morgan fingerprint density at radius 3 is 2.47 bits per heavy atom. The van der Waals surface area contributed by atoms with Crippen LogP contribution in [0.2, 0.25) is 0 Å². The molecule has 0 aliphatic carbocycles. The molecule has 0 radical (unpaired) electrons. The molecule has 2 saturated heterocycles. The molecule has 1 atom stereocenters. The van der Waals surface area contributed by atoms with Gasteiger partial charge in [0.2, 0.25) is 5.78 Å². The average Bonchev–Trinajstić information content (AvgIpc) is 2.85. The van der Waals surface area contributed by atoms with E-state index in [-0.39, 0.29) is 17.7 Å². The van der Waals surface area contributed by atoms with Gasteiger partial charge in [-0.2, -0.15) is 0 Å². The summed E-state index contributed by atoms with van der Waals surface area (Å²) in [6, 6.07) is 0.766. The number of ketones is 1. The lowest BCUT2D eigenvalue weighted by Crippen LogP contribution is -2.48. The van der Waals surface area contributed by atoms with Crippen molar-refractivity contribution in [2.75, 3.05) is 33.2 Å². The minimum atomic E-state index is -0.341. The van der Waals surface area contributed by atoms with Gasteiger partial charge in [-0.25, -0.2) is 0 Å². The zero-order valence-corrected chi connectivity index (χ0v) is 12.0. The van der Waals surface area contributed by atoms with Gasteiger partial charge in [-0.1, -0.05) is 0 Å². The van der Waals surface area contributed by atoms with E-state index in [0.717, 1.165) is 39.0 Å². The van der Waals surface area contributed by atoms with E-state index in [9.17, 15) is 9.59 Å². The van der Waals surface area contributed by atoms with Crippen LogP contribution in [0.4, 0.5) is 0 Å². The van der Waals surface area contributed by atoms with E-state index in [2.05, 4.69) is 17.3 Å². The molecule has 0 aromatic carbocycles. The molecule has 2 fully saturated rings. The molecule has 5 heteroatoms. The Kier molecular flexibility index (Phi) is 4.93. The van der Waals surface area contributed by atoms with Crippen LogP contribution in [0.1, 0.15) is 32.6 Å². The number of rotatable bonds is 4. The predicted molar refractivity (Wildman–Crippen MR) is 73.9 cm³/mol. The lowest BCUT2D eigenvalue weighted by molar-refractivity contribution is -0.144. The Morgan fingerprint density at radius 2 is 1.84 bits per heavy atom. The molecule has 0 spiro atoms. The summed E-state index contributed by atoms with van der Waals surface area (Å²) in [6.45, 7) is 5.20. The maximum atomic E-state index is 11.8. The SMILES string of the molecule is CC(=O)C(=O)N1CCCC1CNC1CCN(C)CC1. The van der Waals surface area contributed by atoms with Gasteiger partial charge in [0.25, 0.3) is 5.91 Å². The highest BCUT2D eigenvalue weighted by Gasteiger charge is 2.31. The lowest BCUT2D eigenvalue weighted by Gasteiger charge is -2.31. The molecule has 2 heterocycles. The first-order valence-electron chi connectivity index (χ1n) is 7.31. The number of Topliss-reactive ketones (excluding diaryl/α,β-unsaturated/α-hetero) is 1. The molecule has 1 N–H and O–H groups in total. The summed E-state index contributed by atoms with van der Waals surface area (Å²) in [7, 11) is 2.15. The number of likely N-dealkylation sites (tertiary alicyclic amines) is 2. The number of hydrogen-bond acceptors (Lipinski definition) is 4. The summed E-state index contributed by atoms with van der Waals surface area (Å²) in [4.78, 5) is 27.1. The molecule has 0 bridgehead atoms. The average molecular weight is 267 g/mol. The summed E-state index contributed by atoms with van der Waals surface area (Å²) in [5, 5.41) is 3.58. The number of amides is 1. The highest BCUT2D eigenvalue weighted by Crippen LogP contribution is 2.18. The van der Waals surface area contributed by atoms with Crippen LogP contribution in [0.5, 0.6) is 0 Å². The number of nitrogens with zero attached hydrogens (tertiary/aromatic N) is 2. The van der Waals surface area contributed by atoms with E-state index in [1.807, 2.05) is 0 Å². The second-order valence-electron chi connectivity index (χ2n) is 5.84. The molecule has 5 nitrogen and oxygen atoms in total. The van der Waals surface area contributed by atoms with E-state index >= 15 is 0 Å². The standard InChI is InChI=1S/C14H25N3O2/c1-11(18)14(19)17-7-3-4-13(17)10-15-12-5-8-16(2)9-6-12/h12-13,15H,3-10H2,1-2H3. The van der Waals surface area contributed by atoms with E-state index in [1.165, 1.54) is 19.8 Å².